The van der Waals surface area contributed by atoms with Crippen LogP contribution in [0.5, 0.6) is 0 Å². The number of piperidine rings is 1. The number of hydrogen-bond acceptors (Lipinski definition) is 1. The average molecular weight is 268 g/mol. The third-order valence-corrected chi connectivity index (χ3v) is 4.06. The van der Waals surface area contributed by atoms with Crippen molar-refractivity contribution in [3.63, 3.8) is 0 Å². The van der Waals surface area contributed by atoms with Gasteiger partial charge in [0.15, 0.2) is 0 Å². The maximum absolute atomic E-state index is 12.3. The summed E-state index contributed by atoms with van der Waals surface area (Å²) in [6.45, 7) is 2.99. The van der Waals surface area contributed by atoms with Crippen molar-refractivity contribution < 1.29 is 4.79 Å². The van der Waals surface area contributed by atoms with Crippen LogP contribution in [-0.2, 0) is 0 Å². The van der Waals surface area contributed by atoms with Crippen molar-refractivity contribution in [3.8, 4) is 0 Å². The van der Waals surface area contributed by atoms with Gasteiger partial charge in [0.2, 0.25) is 0 Å². The van der Waals surface area contributed by atoms with Gasteiger partial charge in [-0.1, -0.05) is 30.3 Å². The number of hydrogen-bond donors (Lipinski definition) is 1. The number of carbonyl (C=O) groups excluding carboxylic acids is 1. The van der Waals surface area contributed by atoms with E-state index in [1.165, 1.54) is 11.8 Å². The minimum atomic E-state index is 0.0208. The molecular weight excluding hydrogens is 248 g/mol. The number of rotatable bonds is 1. The molecule has 1 N–H and O–H groups in total. The van der Waals surface area contributed by atoms with Gasteiger partial charge in [0, 0.05) is 18.3 Å². The van der Waals surface area contributed by atoms with E-state index in [4.69, 9.17) is 0 Å². The molecule has 2 aromatic rings. The fourth-order valence-electron chi connectivity index (χ4n) is 2.86. The third kappa shape index (κ3) is 2.62. The lowest BCUT2D eigenvalue weighted by atomic mass is 10.0. The normalized spacial score (nSPS) is 19.1. The largest absolute Gasteiger partial charge is 0.322 e. The van der Waals surface area contributed by atoms with E-state index < -0.39 is 0 Å². The molecule has 20 heavy (non-hydrogen) atoms. The fraction of sp³-hybridized carbons (Fsp3) is 0.353. The maximum Gasteiger partial charge on any atom is 0.322 e. The molecule has 2 aromatic carbocycles. The SMILES string of the molecule is CC1CCCCN1C(=O)Nc1ccc2ccccc2c1. The predicted molar refractivity (Wildman–Crippen MR) is 83.0 cm³/mol. The maximum atomic E-state index is 12.3. The molecule has 0 spiro atoms. The summed E-state index contributed by atoms with van der Waals surface area (Å²) in [5, 5.41) is 5.36. The molecule has 0 saturated carbocycles. The summed E-state index contributed by atoms with van der Waals surface area (Å²) in [5.41, 5.74) is 0.867. The number of amides is 2. The summed E-state index contributed by atoms with van der Waals surface area (Å²) < 4.78 is 0. The topological polar surface area (TPSA) is 32.3 Å². The Hall–Kier alpha value is -2.03. The van der Waals surface area contributed by atoms with E-state index in [2.05, 4.69) is 24.4 Å². The van der Waals surface area contributed by atoms with Crippen molar-refractivity contribution in [2.24, 2.45) is 0 Å². The summed E-state index contributed by atoms with van der Waals surface area (Å²) in [6, 6.07) is 14.6. The lowest BCUT2D eigenvalue weighted by molar-refractivity contribution is 0.170. The lowest BCUT2D eigenvalue weighted by Gasteiger charge is -2.33. The molecule has 1 unspecified atom stereocenters. The number of carbonyl (C=O) groups is 1. The summed E-state index contributed by atoms with van der Waals surface area (Å²) in [4.78, 5) is 14.3. The van der Waals surface area contributed by atoms with Gasteiger partial charge in [-0.05, 0) is 49.1 Å². The Balaban J connectivity index is 1.76. The molecular formula is C17H20N2O. The van der Waals surface area contributed by atoms with Crippen LogP contribution in [-0.4, -0.2) is 23.5 Å². The molecule has 1 saturated heterocycles. The Morgan fingerprint density at radius 3 is 2.75 bits per heavy atom. The highest BCUT2D eigenvalue weighted by Crippen LogP contribution is 2.21. The van der Waals surface area contributed by atoms with Crippen LogP contribution in [0.3, 0.4) is 0 Å². The van der Waals surface area contributed by atoms with Crippen LogP contribution in [0.15, 0.2) is 42.5 Å². The molecule has 1 heterocycles. The van der Waals surface area contributed by atoms with Crippen molar-refractivity contribution >= 4 is 22.5 Å². The van der Waals surface area contributed by atoms with Crippen LogP contribution in [0.25, 0.3) is 10.8 Å². The molecule has 3 heteroatoms. The smallest absolute Gasteiger partial charge is 0.322 e. The van der Waals surface area contributed by atoms with Gasteiger partial charge in [-0.3, -0.25) is 0 Å². The van der Waals surface area contributed by atoms with E-state index in [1.807, 2.05) is 35.2 Å². The van der Waals surface area contributed by atoms with Crippen molar-refractivity contribution in [1.29, 1.82) is 0 Å². The second-order valence-corrected chi connectivity index (χ2v) is 5.53. The first-order chi connectivity index (χ1) is 9.74. The Kier molecular flexibility index (Phi) is 3.59. The summed E-state index contributed by atoms with van der Waals surface area (Å²) in [6.07, 6.45) is 3.43. The summed E-state index contributed by atoms with van der Waals surface area (Å²) in [7, 11) is 0. The number of nitrogens with zero attached hydrogens (tertiary/aromatic N) is 1. The average Bonchev–Trinajstić information content (AvgIpc) is 2.47. The Labute approximate surface area is 119 Å². The van der Waals surface area contributed by atoms with Gasteiger partial charge in [0.05, 0.1) is 0 Å². The Morgan fingerprint density at radius 1 is 1.15 bits per heavy atom. The molecule has 1 fully saturated rings. The molecule has 0 radical (unpaired) electrons. The molecule has 3 rings (SSSR count). The summed E-state index contributed by atoms with van der Waals surface area (Å²) >= 11 is 0. The van der Waals surface area contributed by atoms with Gasteiger partial charge in [-0.2, -0.15) is 0 Å². The molecule has 104 valence electrons. The van der Waals surface area contributed by atoms with E-state index in [0.29, 0.717) is 6.04 Å². The van der Waals surface area contributed by atoms with Gasteiger partial charge in [-0.15, -0.1) is 0 Å². The minimum absolute atomic E-state index is 0.0208. The van der Waals surface area contributed by atoms with Crippen LogP contribution in [0.4, 0.5) is 10.5 Å². The molecule has 3 nitrogen and oxygen atoms in total. The second-order valence-electron chi connectivity index (χ2n) is 5.53. The van der Waals surface area contributed by atoms with Crippen LogP contribution in [0, 0.1) is 0 Å². The quantitative estimate of drug-likeness (QED) is 0.824. The number of anilines is 1. The zero-order chi connectivity index (χ0) is 13.9. The Bertz CT molecular complexity index is 623. The van der Waals surface area contributed by atoms with E-state index in [9.17, 15) is 4.79 Å². The lowest BCUT2D eigenvalue weighted by Crippen LogP contribution is -2.44. The van der Waals surface area contributed by atoms with Crippen LogP contribution >= 0.6 is 0 Å². The highest BCUT2D eigenvalue weighted by atomic mass is 16.2. The van der Waals surface area contributed by atoms with Crippen LogP contribution < -0.4 is 5.32 Å². The fourth-order valence-corrected chi connectivity index (χ4v) is 2.86. The first kappa shape index (κ1) is 13.0. The first-order valence-electron chi connectivity index (χ1n) is 7.30. The monoisotopic (exact) mass is 268 g/mol. The van der Waals surface area contributed by atoms with Gasteiger partial charge in [0.1, 0.15) is 0 Å². The second kappa shape index (κ2) is 5.53. The van der Waals surface area contributed by atoms with Crippen LogP contribution in [0.2, 0.25) is 0 Å². The van der Waals surface area contributed by atoms with Crippen molar-refractivity contribution in [2.45, 2.75) is 32.2 Å². The number of benzene rings is 2. The standard InChI is InChI=1S/C17H20N2O/c1-13-6-4-5-11-19(13)17(20)18-16-10-9-14-7-2-3-8-15(14)12-16/h2-3,7-10,12-13H,4-6,11H2,1H3,(H,18,20). The molecule has 0 aromatic heterocycles. The highest BCUT2D eigenvalue weighted by Gasteiger charge is 2.22. The van der Waals surface area contributed by atoms with E-state index in [-0.39, 0.29) is 6.03 Å². The van der Waals surface area contributed by atoms with Crippen molar-refractivity contribution in [1.82, 2.24) is 4.90 Å². The van der Waals surface area contributed by atoms with Crippen molar-refractivity contribution in [2.75, 3.05) is 11.9 Å². The van der Waals surface area contributed by atoms with Gasteiger partial charge >= 0.3 is 6.03 Å². The number of urea groups is 1. The van der Waals surface area contributed by atoms with Gasteiger partial charge < -0.3 is 10.2 Å². The number of fused-ring (bicyclic) bond motifs is 1. The zero-order valence-electron chi connectivity index (χ0n) is 11.8. The Morgan fingerprint density at radius 2 is 1.95 bits per heavy atom. The molecule has 2 amide bonds. The third-order valence-electron chi connectivity index (χ3n) is 4.06. The molecule has 1 atom stereocenters. The molecule has 1 aliphatic heterocycles. The van der Waals surface area contributed by atoms with Gasteiger partial charge in [0.25, 0.3) is 0 Å². The minimum Gasteiger partial charge on any atom is -0.322 e. The predicted octanol–water partition coefficient (Wildman–Crippen LogP) is 4.25. The molecule has 0 bridgehead atoms. The van der Waals surface area contributed by atoms with Crippen LogP contribution in [0.1, 0.15) is 26.2 Å². The number of nitrogens with one attached hydrogen (secondary N) is 1. The molecule has 0 aliphatic carbocycles. The zero-order valence-corrected chi connectivity index (χ0v) is 11.8. The van der Waals surface area contributed by atoms with Gasteiger partial charge in [-0.25, -0.2) is 4.79 Å². The molecule has 1 aliphatic rings. The van der Waals surface area contributed by atoms with E-state index in [1.54, 1.807) is 0 Å². The summed E-state index contributed by atoms with van der Waals surface area (Å²) in [5.74, 6) is 0. The first-order valence-corrected chi connectivity index (χ1v) is 7.30. The number of likely N-dealkylation sites (tertiary alicyclic amines) is 1. The van der Waals surface area contributed by atoms with E-state index in [0.717, 1.165) is 30.5 Å². The van der Waals surface area contributed by atoms with E-state index >= 15 is 0 Å². The highest BCUT2D eigenvalue weighted by molar-refractivity contribution is 5.93. The van der Waals surface area contributed by atoms with Crippen molar-refractivity contribution in [3.05, 3.63) is 42.5 Å².